The molecule has 0 aliphatic heterocycles. The van der Waals surface area contributed by atoms with Crippen molar-refractivity contribution in [2.75, 3.05) is 24.4 Å². The summed E-state index contributed by atoms with van der Waals surface area (Å²) in [5.41, 5.74) is 1.31. The van der Waals surface area contributed by atoms with E-state index in [0.29, 0.717) is 11.1 Å². The molecule has 3 aromatic rings. The molecule has 0 bridgehead atoms. The molecule has 0 spiro atoms. The van der Waals surface area contributed by atoms with Gasteiger partial charge in [-0.25, -0.2) is 9.59 Å². The van der Waals surface area contributed by atoms with Crippen LogP contribution in [0.5, 0.6) is 0 Å². The molecule has 3 rings (SSSR count). The first-order chi connectivity index (χ1) is 15.9. The average Bonchev–Trinajstić information content (AvgIpc) is 3.15. The van der Waals surface area contributed by atoms with Crippen LogP contribution in [0.25, 0.3) is 0 Å². The summed E-state index contributed by atoms with van der Waals surface area (Å²) in [7, 11) is 1.25. The summed E-state index contributed by atoms with van der Waals surface area (Å²) in [6.07, 6.45) is 0. The molecule has 2 N–H and O–H groups in total. The first-order valence-electron chi connectivity index (χ1n) is 10.0. The van der Waals surface area contributed by atoms with Gasteiger partial charge in [0.15, 0.2) is 0 Å². The van der Waals surface area contributed by atoms with Crippen LogP contribution in [0.15, 0.2) is 54.6 Å². The summed E-state index contributed by atoms with van der Waals surface area (Å²) < 4.78 is 9.90. The Balaban J connectivity index is 1.97. The molecule has 0 radical (unpaired) electrons. The number of benzene rings is 2. The molecule has 0 saturated heterocycles. The molecule has 33 heavy (non-hydrogen) atoms. The van der Waals surface area contributed by atoms with E-state index in [9.17, 15) is 19.2 Å². The van der Waals surface area contributed by atoms with Crippen molar-refractivity contribution in [1.29, 1.82) is 0 Å². The molecule has 8 nitrogen and oxygen atoms in total. The summed E-state index contributed by atoms with van der Waals surface area (Å²) >= 11 is 0.950. The molecule has 0 saturated carbocycles. The number of carbonyl (C=O) groups is 4. The molecule has 0 atom stereocenters. The lowest BCUT2D eigenvalue weighted by Crippen LogP contribution is -2.16. The van der Waals surface area contributed by atoms with Gasteiger partial charge < -0.3 is 20.1 Å². The lowest BCUT2D eigenvalue weighted by atomic mass is 10.1. The zero-order chi connectivity index (χ0) is 24.0. The molecule has 0 aliphatic rings. The van der Waals surface area contributed by atoms with Crippen molar-refractivity contribution in [2.24, 2.45) is 0 Å². The van der Waals surface area contributed by atoms with Gasteiger partial charge in [0.25, 0.3) is 11.8 Å². The van der Waals surface area contributed by atoms with Crippen LogP contribution in [-0.4, -0.2) is 37.5 Å². The molecule has 0 fully saturated rings. The van der Waals surface area contributed by atoms with E-state index >= 15 is 0 Å². The Morgan fingerprint density at radius 2 is 1.55 bits per heavy atom. The van der Waals surface area contributed by atoms with E-state index < -0.39 is 23.8 Å². The third-order valence-electron chi connectivity index (χ3n) is 4.68. The number of thiophene rings is 1. The molecule has 2 aromatic carbocycles. The van der Waals surface area contributed by atoms with Crippen LogP contribution in [0.3, 0.4) is 0 Å². The van der Waals surface area contributed by atoms with Crippen molar-refractivity contribution >= 4 is 45.8 Å². The van der Waals surface area contributed by atoms with Crippen LogP contribution in [0.2, 0.25) is 0 Å². The molecule has 1 aromatic heterocycles. The van der Waals surface area contributed by atoms with E-state index in [1.165, 1.54) is 13.2 Å². The van der Waals surface area contributed by atoms with Crippen molar-refractivity contribution in [2.45, 2.75) is 13.8 Å². The minimum Gasteiger partial charge on any atom is -0.465 e. The molecular formula is C24H22N2O6S. The Labute approximate surface area is 194 Å². The molecule has 9 heteroatoms. The predicted molar refractivity (Wildman–Crippen MR) is 125 cm³/mol. The van der Waals surface area contributed by atoms with Gasteiger partial charge in [-0.05, 0) is 43.7 Å². The number of nitrogens with one attached hydrogen (secondary N) is 2. The lowest BCUT2D eigenvalue weighted by Gasteiger charge is -2.09. The number of ether oxygens (including phenoxy) is 2. The third-order valence-corrected chi connectivity index (χ3v) is 5.88. The first-order valence-corrected chi connectivity index (χ1v) is 10.8. The highest BCUT2D eigenvalue weighted by molar-refractivity contribution is 7.19. The second-order valence-electron chi connectivity index (χ2n) is 6.79. The van der Waals surface area contributed by atoms with Crippen LogP contribution in [-0.2, 0) is 9.47 Å². The first kappa shape index (κ1) is 23.7. The summed E-state index contributed by atoms with van der Waals surface area (Å²) in [5.74, 6) is -2.22. The van der Waals surface area contributed by atoms with E-state index in [-0.39, 0.29) is 33.3 Å². The zero-order valence-electron chi connectivity index (χ0n) is 18.3. The van der Waals surface area contributed by atoms with Crippen molar-refractivity contribution in [1.82, 2.24) is 0 Å². The van der Waals surface area contributed by atoms with Crippen LogP contribution < -0.4 is 10.6 Å². The maximum absolute atomic E-state index is 13.1. The Morgan fingerprint density at radius 3 is 2.21 bits per heavy atom. The summed E-state index contributed by atoms with van der Waals surface area (Å²) in [6, 6.07) is 14.9. The topological polar surface area (TPSA) is 111 Å². The second kappa shape index (κ2) is 10.6. The molecule has 2 amide bonds. The Hall–Kier alpha value is -3.98. The Morgan fingerprint density at radius 1 is 0.879 bits per heavy atom. The van der Waals surface area contributed by atoms with Crippen LogP contribution in [0, 0.1) is 6.92 Å². The maximum Gasteiger partial charge on any atom is 0.341 e. The van der Waals surface area contributed by atoms with Gasteiger partial charge in [-0.3, -0.25) is 9.59 Å². The number of hydrogen-bond acceptors (Lipinski definition) is 7. The zero-order valence-corrected chi connectivity index (χ0v) is 19.1. The van der Waals surface area contributed by atoms with Gasteiger partial charge in [0, 0.05) is 5.56 Å². The number of amides is 2. The molecule has 0 aliphatic carbocycles. The number of anilines is 2. The summed E-state index contributed by atoms with van der Waals surface area (Å²) in [6.45, 7) is 3.40. The van der Waals surface area contributed by atoms with Gasteiger partial charge in [-0.15, -0.1) is 11.3 Å². The van der Waals surface area contributed by atoms with Crippen molar-refractivity contribution in [3.8, 4) is 0 Å². The largest absolute Gasteiger partial charge is 0.465 e. The summed E-state index contributed by atoms with van der Waals surface area (Å²) in [4.78, 5) is 50.6. The SMILES string of the molecule is CCOC(=O)c1c(NC(=O)c2ccccc2)sc(C(=O)Nc2ccccc2C(=O)OC)c1C. The molecule has 170 valence electrons. The van der Waals surface area contributed by atoms with Crippen molar-refractivity contribution in [3.63, 3.8) is 0 Å². The standard InChI is InChI=1S/C24H22N2O6S/c1-4-32-24(30)18-14(2)19(33-22(18)26-20(27)15-10-6-5-7-11-15)21(28)25-17-13-9-8-12-16(17)23(29)31-3/h5-13H,4H2,1-3H3,(H,25,28)(H,26,27). The minimum absolute atomic E-state index is 0.109. The quantitative estimate of drug-likeness (QED) is 0.495. The van der Waals surface area contributed by atoms with Gasteiger partial charge in [0.1, 0.15) is 5.00 Å². The van der Waals surface area contributed by atoms with Crippen molar-refractivity contribution < 1.29 is 28.7 Å². The van der Waals surface area contributed by atoms with E-state index in [1.807, 2.05) is 0 Å². The number of hydrogen-bond donors (Lipinski definition) is 2. The van der Waals surface area contributed by atoms with Crippen LogP contribution >= 0.6 is 11.3 Å². The van der Waals surface area contributed by atoms with E-state index in [0.717, 1.165) is 11.3 Å². The maximum atomic E-state index is 13.1. The fourth-order valence-corrected chi connectivity index (χ4v) is 4.18. The molecule has 1 heterocycles. The molecule has 0 unspecified atom stereocenters. The van der Waals surface area contributed by atoms with E-state index in [4.69, 9.17) is 9.47 Å². The highest BCUT2D eigenvalue weighted by Gasteiger charge is 2.27. The number of carbonyl (C=O) groups excluding carboxylic acids is 4. The highest BCUT2D eigenvalue weighted by atomic mass is 32.1. The van der Waals surface area contributed by atoms with Crippen LogP contribution in [0.4, 0.5) is 10.7 Å². The fraction of sp³-hybridized carbons (Fsp3) is 0.167. The van der Waals surface area contributed by atoms with Crippen molar-refractivity contribution in [3.05, 3.63) is 81.7 Å². The Kier molecular flexibility index (Phi) is 7.57. The second-order valence-corrected chi connectivity index (χ2v) is 7.81. The molecular weight excluding hydrogens is 444 g/mol. The number of methoxy groups -OCH3 is 1. The highest BCUT2D eigenvalue weighted by Crippen LogP contribution is 2.35. The number of esters is 2. The normalized spacial score (nSPS) is 10.3. The third kappa shape index (κ3) is 5.27. The fourth-order valence-electron chi connectivity index (χ4n) is 3.09. The number of para-hydroxylation sites is 1. The van der Waals surface area contributed by atoms with Gasteiger partial charge in [0.2, 0.25) is 0 Å². The van der Waals surface area contributed by atoms with Gasteiger partial charge >= 0.3 is 11.9 Å². The van der Waals surface area contributed by atoms with E-state index in [1.54, 1.807) is 62.4 Å². The predicted octanol–water partition coefficient (Wildman–Crippen LogP) is 4.52. The smallest absolute Gasteiger partial charge is 0.341 e. The van der Waals surface area contributed by atoms with Gasteiger partial charge in [-0.2, -0.15) is 0 Å². The number of rotatable bonds is 7. The minimum atomic E-state index is -0.649. The van der Waals surface area contributed by atoms with Crippen LogP contribution in [0.1, 0.15) is 53.2 Å². The lowest BCUT2D eigenvalue weighted by molar-refractivity contribution is 0.0526. The van der Waals surface area contributed by atoms with E-state index in [2.05, 4.69) is 10.6 Å². The Bertz CT molecular complexity index is 1200. The monoisotopic (exact) mass is 466 g/mol. The van der Waals surface area contributed by atoms with Gasteiger partial charge in [-0.1, -0.05) is 30.3 Å². The average molecular weight is 467 g/mol. The van der Waals surface area contributed by atoms with Gasteiger partial charge in [0.05, 0.1) is 35.4 Å². The summed E-state index contributed by atoms with van der Waals surface area (Å²) in [5, 5.41) is 5.59.